The molecule has 1 aliphatic rings. The predicted octanol–water partition coefficient (Wildman–Crippen LogP) is 3.69. The summed E-state index contributed by atoms with van der Waals surface area (Å²) in [7, 11) is 3.96. The average molecular weight is 436 g/mol. The number of nitrogens with zero attached hydrogens (tertiary/aromatic N) is 4. The first-order valence-electron chi connectivity index (χ1n) is 9.81. The predicted molar refractivity (Wildman–Crippen MR) is 109 cm³/mol. The molecule has 1 aromatic carbocycles. The lowest BCUT2D eigenvalue weighted by Gasteiger charge is -2.35. The van der Waals surface area contributed by atoms with Gasteiger partial charge in [0.2, 0.25) is 5.65 Å². The van der Waals surface area contributed by atoms with Gasteiger partial charge in [-0.3, -0.25) is 0 Å². The zero-order chi connectivity index (χ0) is 22.3. The van der Waals surface area contributed by atoms with Gasteiger partial charge in [0.25, 0.3) is 6.01 Å². The number of anilines is 1. The Kier molecular flexibility index (Phi) is 5.52. The number of pyridine rings is 1. The molecule has 0 aliphatic carbocycles. The highest BCUT2D eigenvalue weighted by Crippen LogP contribution is 2.39. The van der Waals surface area contributed by atoms with Crippen molar-refractivity contribution in [3.05, 3.63) is 35.4 Å². The number of likely N-dealkylation sites (N-methyl/N-ethyl adjacent to an activating group) is 1. The van der Waals surface area contributed by atoms with Gasteiger partial charge in [-0.05, 0) is 50.8 Å². The topological polar surface area (TPSA) is 74.9 Å². The highest BCUT2D eigenvalue weighted by atomic mass is 19.4. The van der Waals surface area contributed by atoms with Gasteiger partial charge in [0.05, 0.1) is 30.5 Å². The second-order valence-corrected chi connectivity index (χ2v) is 7.88. The Bertz CT molecular complexity index is 1070. The van der Waals surface area contributed by atoms with E-state index in [1.54, 1.807) is 12.1 Å². The Morgan fingerprint density at radius 1 is 1.23 bits per heavy atom. The number of aromatic hydroxyl groups is 1. The fourth-order valence-corrected chi connectivity index (χ4v) is 3.81. The van der Waals surface area contributed by atoms with E-state index in [0.717, 1.165) is 12.6 Å². The van der Waals surface area contributed by atoms with Crippen LogP contribution in [0.3, 0.4) is 0 Å². The van der Waals surface area contributed by atoms with Crippen LogP contribution in [0.1, 0.15) is 11.1 Å². The number of alkyl halides is 3. The maximum atomic E-state index is 13.0. The molecule has 0 unspecified atom stereocenters. The van der Waals surface area contributed by atoms with Crippen LogP contribution < -0.4 is 4.90 Å². The zero-order valence-electron chi connectivity index (χ0n) is 17.4. The van der Waals surface area contributed by atoms with Gasteiger partial charge in [0.1, 0.15) is 5.75 Å². The van der Waals surface area contributed by atoms with Gasteiger partial charge in [-0.15, -0.1) is 0 Å². The molecule has 1 atom stereocenters. The third kappa shape index (κ3) is 4.31. The second-order valence-electron chi connectivity index (χ2n) is 7.88. The number of hydrogen-bond donors (Lipinski definition) is 1. The van der Waals surface area contributed by atoms with Crippen molar-refractivity contribution in [2.45, 2.75) is 19.1 Å². The third-order valence-electron chi connectivity index (χ3n) is 5.19. The third-order valence-corrected chi connectivity index (χ3v) is 5.19. The van der Waals surface area contributed by atoms with Crippen LogP contribution in [0.25, 0.3) is 22.5 Å². The smallest absolute Gasteiger partial charge is 0.416 e. The first-order valence-corrected chi connectivity index (χ1v) is 9.81. The number of phenolic OH excluding ortho intramolecular Hbond substituents is 1. The van der Waals surface area contributed by atoms with Crippen molar-refractivity contribution in [3.8, 4) is 17.0 Å². The van der Waals surface area contributed by atoms with Crippen molar-refractivity contribution < 1.29 is 27.4 Å². The van der Waals surface area contributed by atoms with Crippen molar-refractivity contribution in [1.82, 2.24) is 14.9 Å². The summed E-state index contributed by atoms with van der Waals surface area (Å²) in [5.41, 5.74) is 0.691. The van der Waals surface area contributed by atoms with Crippen LogP contribution in [0.2, 0.25) is 0 Å². The van der Waals surface area contributed by atoms with Crippen LogP contribution in [0.4, 0.5) is 19.2 Å². The normalized spacial score (nSPS) is 17.6. The second kappa shape index (κ2) is 8.01. The minimum Gasteiger partial charge on any atom is -0.507 e. The van der Waals surface area contributed by atoms with Crippen molar-refractivity contribution in [1.29, 1.82) is 0 Å². The van der Waals surface area contributed by atoms with E-state index < -0.39 is 17.5 Å². The van der Waals surface area contributed by atoms with Crippen LogP contribution in [-0.2, 0) is 10.9 Å². The molecule has 0 bridgehead atoms. The van der Waals surface area contributed by atoms with E-state index in [0.29, 0.717) is 48.8 Å². The quantitative estimate of drug-likeness (QED) is 0.669. The van der Waals surface area contributed by atoms with Crippen LogP contribution in [0, 0.1) is 6.92 Å². The monoisotopic (exact) mass is 436 g/mol. The van der Waals surface area contributed by atoms with E-state index in [4.69, 9.17) is 9.15 Å². The van der Waals surface area contributed by atoms with Crippen LogP contribution in [0.5, 0.6) is 5.75 Å². The molecule has 7 nitrogen and oxygen atoms in total. The largest absolute Gasteiger partial charge is 0.507 e. The Labute approximate surface area is 177 Å². The minimum absolute atomic E-state index is 0.0671. The molecular formula is C21H23F3N4O3. The van der Waals surface area contributed by atoms with E-state index in [9.17, 15) is 18.3 Å². The standard InChI is InChI=1S/C21H23F3N4O3/c1-12-8-13(21(22,23)24)9-16(29)18(12)15-4-5-17-19(25-15)26-20(31-17)28-6-7-30-11-14(28)10-27(2)3/h4-5,8-9,14,29H,6-7,10-11H2,1-3H3/t14-/m0/s1. The number of fused-ring (bicyclic) bond motifs is 1. The van der Waals surface area contributed by atoms with Crippen LogP contribution in [0.15, 0.2) is 28.7 Å². The highest BCUT2D eigenvalue weighted by Gasteiger charge is 2.32. The van der Waals surface area contributed by atoms with Gasteiger partial charge in [-0.1, -0.05) is 0 Å². The summed E-state index contributed by atoms with van der Waals surface area (Å²) in [4.78, 5) is 13.0. The number of ether oxygens (including phenoxy) is 1. The van der Waals surface area contributed by atoms with Crippen molar-refractivity contribution >= 4 is 17.2 Å². The summed E-state index contributed by atoms with van der Waals surface area (Å²) >= 11 is 0. The van der Waals surface area contributed by atoms with E-state index in [1.807, 2.05) is 19.0 Å². The first-order chi connectivity index (χ1) is 14.6. The molecule has 0 amide bonds. The Balaban J connectivity index is 1.70. The molecule has 0 saturated carbocycles. The molecule has 166 valence electrons. The molecule has 4 rings (SSSR count). The minimum atomic E-state index is -4.54. The lowest BCUT2D eigenvalue weighted by Crippen LogP contribution is -2.50. The number of aryl methyl sites for hydroxylation is 1. The summed E-state index contributed by atoms with van der Waals surface area (Å²) < 4.78 is 50.5. The number of halogens is 3. The van der Waals surface area contributed by atoms with Gasteiger partial charge in [-0.25, -0.2) is 4.98 Å². The number of rotatable bonds is 4. The summed E-state index contributed by atoms with van der Waals surface area (Å²) in [5, 5.41) is 10.3. The SMILES string of the molecule is Cc1cc(C(F)(F)F)cc(O)c1-c1ccc2oc(N3CCOC[C@@H]3CN(C)C)nc2n1. The number of oxazole rings is 1. The summed E-state index contributed by atoms with van der Waals surface area (Å²) in [6.45, 7) is 3.99. The van der Waals surface area contributed by atoms with Gasteiger partial charge < -0.3 is 24.1 Å². The fourth-order valence-electron chi connectivity index (χ4n) is 3.81. The molecule has 1 N–H and O–H groups in total. The van der Waals surface area contributed by atoms with Gasteiger partial charge in [0.15, 0.2) is 5.58 Å². The first kappa shape index (κ1) is 21.4. The number of benzene rings is 1. The number of aromatic nitrogens is 2. The summed E-state index contributed by atoms with van der Waals surface area (Å²) in [6, 6.07) is 5.45. The van der Waals surface area contributed by atoms with Gasteiger partial charge >= 0.3 is 6.18 Å². The molecule has 10 heteroatoms. The molecule has 3 heterocycles. The molecule has 1 fully saturated rings. The highest BCUT2D eigenvalue weighted by molar-refractivity contribution is 5.78. The Hall–Kier alpha value is -2.85. The molecule has 2 aromatic heterocycles. The van der Waals surface area contributed by atoms with E-state index in [1.165, 1.54) is 6.92 Å². The lowest BCUT2D eigenvalue weighted by atomic mass is 10.0. The summed E-state index contributed by atoms with van der Waals surface area (Å²) in [6.07, 6.45) is -4.54. The maximum absolute atomic E-state index is 13.0. The molecule has 1 aliphatic heterocycles. The van der Waals surface area contributed by atoms with Crippen molar-refractivity contribution in [2.75, 3.05) is 45.3 Å². The molecule has 0 radical (unpaired) electrons. The Morgan fingerprint density at radius 2 is 2.00 bits per heavy atom. The Morgan fingerprint density at radius 3 is 2.68 bits per heavy atom. The van der Waals surface area contributed by atoms with E-state index in [2.05, 4.69) is 14.9 Å². The van der Waals surface area contributed by atoms with Crippen LogP contribution in [-0.4, -0.2) is 66.4 Å². The van der Waals surface area contributed by atoms with Gasteiger partial charge in [0, 0.05) is 18.7 Å². The lowest BCUT2D eigenvalue weighted by molar-refractivity contribution is -0.137. The van der Waals surface area contributed by atoms with E-state index in [-0.39, 0.29) is 17.2 Å². The molecule has 1 saturated heterocycles. The molecule has 31 heavy (non-hydrogen) atoms. The zero-order valence-corrected chi connectivity index (χ0v) is 17.4. The van der Waals surface area contributed by atoms with Gasteiger partial charge in [-0.2, -0.15) is 18.2 Å². The van der Waals surface area contributed by atoms with Crippen molar-refractivity contribution in [2.24, 2.45) is 0 Å². The maximum Gasteiger partial charge on any atom is 0.416 e. The van der Waals surface area contributed by atoms with E-state index >= 15 is 0 Å². The number of hydrogen-bond acceptors (Lipinski definition) is 7. The average Bonchev–Trinajstić information content (AvgIpc) is 3.10. The van der Waals surface area contributed by atoms with Crippen LogP contribution >= 0.6 is 0 Å². The number of morpholine rings is 1. The molecular weight excluding hydrogens is 413 g/mol. The van der Waals surface area contributed by atoms with Crippen molar-refractivity contribution in [3.63, 3.8) is 0 Å². The summed E-state index contributed by atoms with van der Waals surface area (Å²) in [5.74, 6) is -0.484. The molecule has 3 aromatic rings. The molecule has 0 spiro atoms. The number of phenols is 1. The fraction of sp³-hybridized carbons (Fsp3) is 0.429.